The molecule has 0 unspecified atom stereocenters. The fraction of sp³-hybridized carbons (Fsp3) is 0.100. The Kier molecular flexibility index (Phi) is 4.66. The Morgan fingerprint density at radius 2 is 1.64 bits per heavy atom. The number of benzene rings is 2. The van der Waals surface area contributed by atoms with Gasteiger partial charge in [-0.3, -0.25) is 9.36 Å². The van der Waals surface area contributed by atoms with E-state index in [1.54, 1.807) is 17.6 Å². The van der Waals surface area contributed by atoms with Gasteiger partial charge in [-0.15, -0.1) is 0 Å². The third-order valence-electron chi connectivity index (χ3n) is 3.86. The number of aromatic nitrogens is 1. The summed E-state index contributed by atoms with van der Waals surface area (Å²) in [6.45, 7) is 1.62. The third-order valence-corrected chi connectivity index (χ3v) is 3.86. The fourth-order valence-corrected chi connectivity index (χ4v) is 2.77. The van der Waals surface area contributed by atoms with Crippen molar-refractivity contribution in [2.75, 3.05) is 7.11 Å². The van der Waals surface area contributed by atoms with E-state index < -0.39 is 0 Å². The molecule has 0 fully saturated rings. The van der Waals surface area contributed by atoms with E-state index in [4.69, 9.17) is 4.84 Å². The second-order valence-corrected chi connectivity index (χ2v) is 5.49. The topological polar surface area (TPSA) is 63.8 Å². The third kappa shape index (κ3) is 3.17. The summed E-state index contributed by atoms with van der Waals surface area (Å²) in [5, 5.41) is 14.2. The van der Waals surface area contributed by atoms with Gasteiger partial charge < -0.3 is 9.94 Å². The van der Waals surface area contributed by atoms with Crippen molar-refractivity contribution in [2.24, 2.45) is 5.16 Å². The summed E-state index contributed by atoms with van der Waals surface area (Å²) in [5.41, 5.74) is 2.20. The van der Waals surface area contributed by atoms with Crippen molar-refractivity contribution in [3.05, 3.63) is 82.6 Å². The minimum Gasteiger partial charge on any atom is -0.507 e. The molecule has 0 amide bonds. The van der Waals surface area contributed by atoms with Crippen LogP contribution in [0.5, 0.6) is 5.75 Å². The van der Waals surface area contributed by atoms with Crippen LogP contribution >= 0.6 is 0 Å². The molecule has 5 nitrogen and oxygen atoms in total. The second-order valence-electron chi connectivity index (χ2n) is 5.49. The van der Waals surface area contributed by atoms with Crippen molar-refractivity contribution in [1.82, 2.24) is 4.57 Å². The van der Waals surface area contributed by atoms with Gasteiger partial charge in [0.2, 0.25) is 0 Å². The molecule has 3 aromatic rings. The van der Waals surface area contributed by atoms with Crippen molar-refractivity contribution >= 4 is 5.71 Å². The highest BCUT2D eigenvalue weighted by molar-refractivity contribution is 6.00. The molecule has 0 saturated carbocycles. The van der Waals surface area contributed by atoms with Crippen LogP contribution in [0.4, 0.5) is 0 Å². The lowest BCUT2D eigenvalue weighted by Gasteiger charge is -2.16. The summed E-state index contributed by atoms with van der Waals surface area (Å²) in [6, 6.07) is 20.3. The first-order chi connectivity index (χ1) is 12.1. The molecule has 126 valence electrons. The molecule has 0 aliphatic heterocycles. The molecule has 1 aromatic heterocycles. The average molecular weight is 334 g/mol. The molecular weight excluding hydrogens is 316 g/mol. The normalized spacial score (nSPS) is 11.4. The van der Waals surface area contributed by atoms with Gasteiger partial charge in [-0.2, -0.15) is 0 Å². The zero-order chi connectivity index (χ0) is 17.8. The van der Waals surface area contributed by atoms with Gasteiger partial charge in [0.1, 0.15) is 18.4 Å². The van der Waals surface area contributed by atoms with Crippen molar-refractivity contribution < 1.29 is 9.94 Å². The summed E-state index contributed by atoms with van der Waals surface area (Å²) in [7, 11) is 1.40. The summed E-state index contributed by atoms with van der Waals surface area (Å²) in [5.74, 6) is -0.130. The van der Waals surface area contributed by atoms with Gasteiger partial charge in [0.15, 0.2) is 0 Å². The van der Waals surface area contributed by atoms with Crippen molar-refractivity contribution in [2.45, 2.75) is 6.92 Å². The average Bonchev–Trinajstić information content (AvgIpc) is 2.63. The number of para-hydroxylation sites is 1. The molecule has 0 atom stereocenters. The van der Waals surface area contributed by atoms with E-state index in [2.05, 4.69) is 5.16 Å². The standard InChI is InChI=1S/C20H18N2O3/c1-14(21-25-2)19-18(23)13-17(15-9-5-3-6-10-15)22(20(19)24)16-11-7-4-8-12-16/h3-13,23H,1-2H3/b21-14+. The molecule has 3 rings (SSSR count). The van der Waals surface area contributed by atoms with Crippen LogP contribution in [0.3, 0.4) is 0 Å². The van der Waals surface area contributed by atoms with E-state index >= 15 is 0 Å². The van der Waals surface area contributed by atoms with E-state index in [0.717, 1.165) is 5.56 Å². The van der Waals surface area contributed by atoms with Gasteiger partial charge >= 0.3 is 0 Å². The molecule has 0 aliphatic carbocycles. The predicted molar refractivity (Wildman–Crippen MR) is 98.4 cm³/mol. The molecule has 0 bridgehead atoms. The van der Waals surface area contributed by atoms with Crippen molar-refractivity contribution in [3.63, 3.8) is 0 Å². The monoisotopic (exact) mass is 334 g/mol. The lowest BCUT2D eigenvalue weighted by Crippen LogP contribution is -2.26. The number of pyridine rings is 1. The van der Waals surface area contributed by atoms with Crippen molar-refractivity contribution in [3.8, 4) is 22.7 Å². The van der Waals surface area contributed by atoms with Gasteiger partial charge in [0.05, 0.1) is 11.4 Å². The van der Waals surface area contributed by atoms with Crippen LogP contribution in [0, 0.1) is 0 Å². The lowest BCUT2D eigenvalue weighted by molar-refractivity contribution is 0.213. The van der Waals surface area contributed by atoms with E-state index in [-0.39, 0.29) is 16.9 Å². The first-order valence-electron chi connectivity index (χ1n) is 7.81. The van der Waals surface area contributed by atoms with Crippen LogP contribution in [0.1, 0.15) is 12.5 Å². The Balaban J connectivity index is 2.38. The van der Waals surface area contributed by atoms with Gasteiger partial charge in [0, 0.05) is 11.8 Å². The van der Waals surface area contributed by atoms with Crippen LogP contribution in [-0.4, -0.2) is 22.5 Å². The van der Waals surface area contributed by atoms with Crippen LogP contribution in [0.25, 0.3) is 16.9 Å². The Labute approximate surface area is 145 Å². The number of hydrogen-bond acceptors (Lipinski definition) is 4. The van der Waals surface area contributed by atoms with Gasteiger partial charge in [-0.1, -0.05) is 53.7 Å². The number of nitrogens with zero attached hydrogens (tertiary/aromatic N) is 2. The quantitative estimate of drug-likeness (QED) is 0.586. The lowest BCUT2D eigenvalue weighted by atomic mass is 10.1. The summed E-state index contributed by atoms with van der Waals surface area (Å²) < 4.78 is 1.57. The van der Waals surface area contributed by atoms with Gasteiger partial charge in [0.25, 0.3) is 5.56 Å². The SMILES string of the molecule is CO/N=C(\C)c1c(O)cc(-c2ccccc2)n(-c2ccccc2)c1=O. The summed E-state index contributed by atoms with van der Waals surface area (Å²) >= 11 is 0. The van der Waals surface area contributed by atoms with Crippen molar-refractivity contribution in [1.29, 1.82) is 0 Å². The molecule has 0 spiro atoms. The highest BCUT2D eigenvalue weighted by atomic mass is 16.6. The Bertz CT molecular complexity index is 961. The van der Waals surface area contributed by atoms with E-state index in [1.165, 1.54) is 7.11 Å². The zero-order valence-electron chi connectivity index (χ0n) is 14.0. The Morgan fingerprint density at radius 1 is 1.04 bits per heavy atom. The molecule has 0 aliphatic rings. The molecule has 0 radical (unpaired) electrons. The van der Waals surface area contributed by atoms with Crippen LogP contribution < -0.4 is 5.56 Å². The molecule has 1 heterocycles. The number of oxime groups is 1. The fourth-order valence-electron chi connectivity index (χ4n) is 2.77. The zero-order valence-corrected chi connectivity index (χ0v) is 14.0. The molecule has 2 aromatic carbocycles. The predicted octanol–water partition coefficient (Wildman–Crippen LogP) is 3.58. The molecule has 25 heavy (non-hydrogen) atoms. The first kappa shape index (κ1) is 16.5. The van der Waals surface area contributed by atoms with Crippen LogP contribution in [-0.2, 0) is 4.84 Å². The van der Waals surface area contributed by atoms with Gasteiger partial charge in [-0.25, -0.2) is 0 Å². The largest absolute Gasteiger partial charge is 0.507 e. The van der Waals surface area contributed by atoms with E-state index in [0.29, 0.717) is 17.1 Å². The maximum absolute atomic E-state index is 13.2. The minimum absolute atomic E-state index is 0.116. The highest BCUT2D eigenvalue weighted by Crippen LogP contribution is 2.27. The summed E-state index contributed by atoms with van der Waals surface area (Å²) in [4.78, 5) is 17.9. The Morgan fingerprint density at radius 3 is 2.24 bits per heavy atom. The summed E-state index contributed by atoms with van der Waals surface area (Å²) in [6.07, 6.45) is 0. The molecule has 5 heteroatoms. The highest BCUT2D eigenvalue weighted by Gasteiger charge is 2.19. The number of aromatic hydroxyl groups is 1. The second kappa shape index (κ2) is 7.05. The van der Waals surface area contributed by atoms with E-state index in [9.17, 15) is 9.90 Å². The van der Waals surface area contributed by atoms with E-state index in [1.807, 2.05) is 60.7 Å². The van der Waals surface area contributed by atoms with Crippen LogP contribution in [0.2, 0.25) is 0 Å². The maximum Gasteiger partial charge on any atom is 0.268 e. The Hall–Kier alpha value is -3.34. The number of rotatable bonds is 4. The van der Waals surface area contributed by atoms with Gasteiger partial charge in [-0.05, 0) is 24.6 Å². The molecular formula is C20H18N2O3. The van der Waals surface area contributed by atoms with Crippen LogP contribution in [0.15, 0.2) is 76.7 Å². The first-order valence-corrected chi connectivity index (χ1v) is 7.81. The maximum atomic E-state index is 13.2. The molecule has 1 N–H and O–H groups in total. The minimum atomic E-state index is -0.358. The number of hydrogen-bond donors (Lipinski definition) is 1. The molecule has 0 saturated heterocycles. The smallest absolute Gasteiger partial charge is 0.268 e.